The maximum atomic E-state index is 7.58. The predicted octanol–water partition coefficient (Wildman–Crippen LogP) is 4.30. The molecular weight excluding hydrogens is 1880 g/mol. The molecule has 0 radical (unpaired) electrons. The average Bonchev–Trinajstić information content (AvgIpc) is 1.63. The van der Waals surface area contributed by atoms with Crippen LogP contribution in [0.4, 0.5) is 0 Å². The van der Waals surface area contributed by atoms with Crippen LogP contribution in [-0.2, 0) is 58.9 Å². The standard InChI is InChI=1S/C10H17N5O.2C10H17N5S.3C9H15N5S.3C8H13N5S/c1-7-5-16-6-8(7)4-13-9(11)14-10(12)15(2)3;1-7-4-8(6-16-7)5-13-9(11)14-10(12)15(2)3;1-7-8(4-5-16-7)6-13-9(11)14-10(12)15(2)3;1-6-4-15-5-7(6)3-14(2)9(12)13-8(10)11;1-6-3-7(5-15-6)4-14(2)9(12)13-8(10)11;1-6-7(3-4-15-6)5-14(2)9(12)13-8(10)11;1-5-3-14-4-6(5)2-12-8(11)13-7(9)10;1-5-2-6(4-14-5)3-12-8(11)13-7(9)10;1-5-6(2-3-14-5)4-12-8(11)13-7(9)10/h5-6H,4H2,1-3H3,(H4,11,12,13,14);4,6H,5H2,1-3H3,(H4,11,12,13,14);4-5H,6H2,1-3H3,(H4,11,12,13,14);4-5H,3H2,1-2H3,(H5,10,11,12,13);3,5H,4H2,1-2H3,(H5,10,11,12,13);3-4H,5H2,1-2H3,(H5,10,11,12,13);3-4H,2H2,1H3,(H6,9,10,11,12,13);2,4H,3H2,1H3,(H6,9,10,11,12,13);2-3H,4H2,1H3,(H6,9,10,11,12,13). The van der Waals surface area contributed by atoms with Gasteiger partial charge in [-0.3, -0.25) is 16.2 Å². The van der Waals surface area contributed by atoms with Gasteiger partial charge < -0.3 is 154 Å². The molecule has 0 unspecified atom stereocenters. The second-order valence-corrected chi connectivity index (χ2v) is 37.0. The van der Waals surface area contributed by atoms with Crippen LogP contribution in [0, 0.1) is 78.5 Å². The number of hydrogen-bond acceptors (Lipinski definition) is 18. The third-order valence-electron chi connectivity index (χ3n) is 16.4. The quantitative estimate of drug-likeness (QED) is 0.0420. The van der Waals surface area contributed by atoms with Crippen LogP contribution in [0.15, 0.2) is 182 Å². The topological polar surface area (TPSA) is 836 Å². The maximum absolute atomic E-state index is 7.58. The Kier molecular flexibility index (Phi) is 55.8. The summed E-state index contributed by atoms with van der Waals surface area (Å²) in [6.45, 7) is 23.3. The van der Waals surface area contributed by atoms with E-state index in [0.717, 1.165) is 38.9 Å². The number of rotatable bonds is 18. The molecule has 0 aromatic carbocycles. The fraction of sp³-hybridized carbons (Fsp3) is 0.333. The molecule has 9 aromatic heterocycles. The second kappa shape index (κ2) is 63.6. The number of guanidine groups is 18. The fourth-order valence-electron chi connectivity index (χ4n) is 9.02. The molecule has 0 bridgehead atoms. The van der Waals surface area contributed by atoms with E-state index < -0.39 is 0 Å². The summed E-state index contributed by atoms with van der Waals surface area (Å²) in [7, 11) is 16.1. The molecule has 9 heterocycles. The Morgan fingerprint density at radius 2 is 0.556 bits per heavy atom. The van der Waals surface area contributed by atoms with Gasteiger partial charge in [-0.05, 0) is 214 Å². The number of furan rings is 1. The molecule has 0 amide bonds. The first-order valence-corrected chi connectivity index (χ1v) is 47.0. The van der Waals surface area contributed by atoms with Crippen LogP contribution in [0.25, 0.3) is 0 Å². The van der Waals surface area contributed by atoms with Crippen molar-refractivity contribution in [3.8, 4) is 0 Å². The van der Waals surface area contributed by atoms with E-state index in [2.05, 4.69) is 148 Å². The molecule has 0 aliphatic heterocycles. The summed E-state index contributed by atoms with van der Waals surface area (Å²) < 4.78 is 5.02. The lowest BCUT2D eigenvalue weighted by Gasteiger charge is -2.16. The van der Waals surface area contributed by atoms with Crippen molar-refractivity contribution in [1.82, 2.24) is 29.4 Å². The molecule has 0 saturated heterocycles. The fourth-order valence-corrected chi connectivity index (χ4v) is 15.0. The molecular formula is C81H135N45OS8. The Balaban J connectivity index is 0.000000760. The number of nitrogens with two attached hydrogens (primary N) is 21. The normalized spacial score (nSPS) is 11.4. The van der Waals surface area contributed by atoms with Crippen molar-refractivity contribution in [1.29, 1.82) is 16.2 Å². The highest BCUT2D eigenvalue weighted by Crippen LogP contribution is 2.22. The first-order valence-electron chi connectivity index (χ1n) is 39.8. The highest BCUT2D eigenvalue weighted by atomic mass is 32.1. The first kappa shape index (κ1) is 119. The summed E-state index contributed by atoms with van der Waals surface area (Å²) in [6.07, 6.45) is 3.31. The lowest BCUT2D eigenvalue weighted by Crippen LogP contribution is -2.32. The summed E-state index contributed by atoms with van der Waals surface area (Å²) in [5.74, 6) is 1.63. The van der Waals surface area contributed by atoms with Crippen molar-refractivity contribution in [3.05, 3.63) is 199 Å². The van der Waals surface area contributed by atoms with Gasteiger partial charge in [0.1, 0.15) is 0 Å². The van der Waals surface area contributed by atoms with E-state index in [9.17, 15) is 0 Å². The Morgan fingerprint density at radius 3 is 0.822 bits per heavy atom. The van der Waals surface area contributed by atoms with E-state index in [1.54, 1.807) is 196 Å². The van der Waals surface area contributed by atoms with Crippen LogP contribution in [0.1, 0.15) is 96.0 Å². The zero-order chi connectivity index (χ0) is 102. The van der Waals surface area contributed by atoms with Crippen LogP contribution in [-0.4, -0.2) is 200 Å². The predicted molar refractivity (Wildman–Crippen MR) is 576 cm³/mol. The van der Waals surface area contributed by atoms with Gasteiger partial charge in [-0.15, -0.1) is 68.0 Å². The summed E-state index contributed by atoms with van der Waals surface area (Å²) in [4.78, 5) is 75.7. The number of aryl methyl sites for hydroxylation is 9. The van der Waals surface area contributed by atoms with E-state index in [0.29, 0.717) is 76.8 Å². The lowest BCUT2D eigenvalue weighted by molar-refractivity contribution is 0.491. The van der Waals surface area contributed by atoms with Crippen molar-refractivity contribution in [3.63, 3.8) is 0 Å². The third-order valence-corrected chi connectivity index (χ3v) is 23.7. The Morgan fingerprint density at radius 1 is 0.281 bits per heavy atom. The molecule has 0 saturated carbocycles. The minimum absolute atomic E-state index is 0.0684. The van der Waals surface area contributed by atoms with Gasteiger partial charge in [-0.1, -0.05) is 0 Å². The minimum Gasteiger partial charge on any atom is -0.472 e. The van der Waals surface area contributed by atoms with Crippen molar-refractivity contribution in [2.75, 3.05) is 63.4 Å². The number of nitrogens with one attached hydrogen (secondary N) is 3. The van der Waals surface area contributed by atoms with Crippen LogP contribution in [0.2, 0.25) is 0 Å². The van der Waals surface area contributed by atoms with E-state index >= 15 is 0 Å². The first-order chi connectivity index (χ1) is 63.2. The number of nitrogens with zero attached hydrogens (tertiary/aromatic N) is 21. The average molecular weight is 2010 g/mol. The Hall–Kier alpha value is -14.5. The molecule has 0 fully saturated rings. The van der Waals surface area contributed by atoms with Gasteiger partial charge in [-0.25, -0.2) is 30.0 Å². The number of aliphatic imine (C=N–C) groups is 15. The van der Waals surface area contributed by atoms with Gasteiger partial charge >= 0.3 is 0 Å². The maximum Gasteiger partial charge on any atom is 0.221 e. The molecule has 46 nitrogen and oxygen atoms in total. The zero-order valence-electron chi connectivity index (χ0n) is 79.4. The smallest absolute Gasteiger partial charge is 0.221 e. The van der Waals surface area contributed by atoms with Gasteiger partial charge in [0.25, 0.3) is 0 Å². The molecule has 0 atom stereocenters. The van der Waals surface area contributed by atoms with Crippen LogP contribution in [0.5, 0.6) is 0 Å². The third kappa shape index (κ3) is 54.2. The van der Waals surface area contributed by atoms with Crippen molar-refractivity contribution < 1.29 is 4.42 Å². The van der Waals surface area contributed by atoms with Gasteiger partial charge in [0.15, 0.2) is 53.6 Å². The molecule has 9 rings (SSSR count). The molecule has 45 N–H and O–H groups in total. The van der Waals surface area contributed by atoms with Crippen molar-refractivity contribution in [2.45, 2.75) is 121 Å². The van der Waals surface area contributed by atoms with Crippen LogP contribution >= 0.6 is 90.7 Å². The van der Waals surface area contributed by atoms with E-state index in [4.69, 9.17) is 141 Å². The van der Waals surface area contributed by atoms with E-state index in [-0.39, 0.29) is 89.4 Å². The lowest BCUT2D eigenvalue weighted by atomic mass is 10.2. The molecule has 54 heteroatoms. The zero-order valence-corrected chi connectivity index (χ0v) is 86.0. The monoisotopic (exact) mass is 2010 g/mol. The largest absolute Gasteiger partial charge is 0.472 e. The number of hydrogen-bond donors (Lipinski definition) is 24. The second-order valence-electron chi connectivity index (χ2n) is 28.8. The summed E-state index contributed by atoms with van der Waals surface area (Å²) in [5.41, 5.74) is 126. The van der Waals surface area contributed by atoms with Gasteiger partial charge in [0, 0.05) is 118 Å². The molecule has 738 valence electrons. The molecule has 9 aromatic rings. The molecule has 0 spiro atoms. The van der Waals surface area contributed by atoms with Crippen LogP contribution < -0.4 is 120 Å². The molecule has 0 aliphatic rings. The Bertz CT molecular complexity index is 5350. The van der Waals surface area contributed by atoms with Gasteiger partial charge in [-0.2, -0.15) is 67.6 Å². The molecule has 0 aliphatic carbocycles. The summed E-state index contributed by atoms with van der Waals surface area (Å²) in [6, 6.07) is 12.3. The van der Waals surface area contributed by atoms with Crippen molar-refractivity contribution in [2.24, 2.45) is 195 Å². The SMILES string of the molecule is Cc1cc(CN(C)C(=N)N=C(N)N)cs1.Cc1cc(CN=C(N)N=C(N)N(C)C)cs1.Cc1cc(CN=C(N)N=C(N)N)cs1.Cc1cocc1CN=C(N)N=C(N)N(C)C.Cc1cscc1CN(C)C(=N)N=C(N)N.Cc1cscc1CN=C(N)N=C(N)N.Cc1sccc1CN(C)C(=N)N=C(N)N.Cc1sccc1CN=C(N)N=C(N)N.Cc1sccc1CN=C(N)N=C(N)N(C)C. The number of thiophene rings is 8. The Labute approximate surface area is 820 Å². The van der Waals surface area contributed by atoms with Crippen LogP contribution in [0.3, 0.4) is 0 Å². The molecule has 135 heavy (non-hydrogen) atoms. The highest BCUT2D eigenvalue weighted by molar-refractivity contribution is 7.11. The van der Waals surface area contributed by atoms with E-state index in [1.165, 1.54) is 57.1 Å². The minimum atomic E-state index is -0.0895. The summed E-state index contributed by atoms with van der Waals surface area (Å²) in [5, 5.41) is 43.2. The van der Waals surface area contributed by atoms with Gasteiger partial charge in [0.05, 0.1) is 51.8 Å². The highest BCUT2D eigenvalue weighted by Gasteiger charge is 2.12. The summed E-state index contributed by atoms with van der Waals surface area (Å²) >= 11 is 13.4. The van der Waals surface area contributed by atoms with Gasteiger partial charge in [0.2, 0.25) is 53.6 Å². The van der Waals surface area contributed by atoms with Crippen molar-refractivity contribution >= 4 is 198 Å². The van der Waals surface area contributed by atoms with E-state index in [1.807, 2.05) is 79.7 Å².